The van der Waals surface area contributed by atoms with Crippen LogP contribution < -0.4 is 11.1 Å². The van der Waals surface area contributed by atoms with E-state index in [9.17, 15) is 19.5 Å². The van der Waals surface area contributed by atoms with Crippen molar-refractivity contribution in [2.24, 2.45) is 17.6 Å². The summed E-state index contributed by atoms with van der Waals surface area (Å²) in [4.78, 5) is 34.7. The molecule has 2 amide bonds. The highest BCUT2D eigenvalue weighted by Gasteiger charge is 2.27. The van der Waals surface area contributed by atoms with E-state index in [0.29, 0.717) is 0 Å². The second-order valence-corrected chi connectivity index (χ2v) is 5.50. The van der Waals surface area contributed by atoms with Crippen LogP contribution in [0.4, 0.5) is 0 Å². The lowest BCUT2D eigenvalue weighted by atomic mass is 10.00. The van der Waals surface area contributed by atoms with Crippen molar-refractivity contribution in [3.05, 3.63) is 0 Å². The van der Waals surface area contributed by atoms with Gasteiger partial charge in [-0.15, -0.1) is 0 Å². The molecular formula is C14H26N2O5. The Morgan fingerprint density at radius 3 is 2.19 bits per heavy atom. The number of primary amides is 1. The number of rotatable bonds is 9. The van der Waals surface area contributed by atoms with Crippen LogP contribution in [0, 0.1) is 11.8 Å². The zero-order valence-corrected chi connectivity index (χ0v) is 13.1. The first kappa shape index (κ1) is 19.4. The minimum atomic E-state index is -1.20. The third-order valence-corrected chi connectivity index (χ3v) is 2.94. The molecule has 0 spiro atoms. The third-order valence-electron chi connectivity index (χ3n) is 2.94. The maximum absolute atomic E-state index is 11.8. The van der Waals surface area contributed by atoms with Gasteiger partial charge >= 0.3 is 5.97 Å². The van der Waals surface area contributed by atoms with E-state index < -0.39 is 35.8 Å². The Hall–Kier alpha value is -1.63. The highest BCUT2D eigenvalue weighted by atomic mass is 16.5. The standard InChI is InChI=1S/C14H26N2O5/c1-5-21-14(20)9(4)7-10(12(15)18)16-13(19)11(17)6-8(2)3/h8-11,17H,5-7H2,1-4H3,(H2,15,18)(H,16,19)/t9-,10-,11-/m1/s1. The van der Waals surface area contributed by atoms with Crippen molar-refractivity contribution >= 4 is 17.8 Å². The van der Waals surface area contributed by atoms with Crippen LogP contribution >= 0.6 is 0 Å². The van der Waals surface area contributed by atoms with Gasteiger partial charge in [-0.05, 0) is 25.7 Å². The summed E-state index contributed by atoms with van der Waals surface area (Å²) in [6.45, 7) is 7.24. The predicted octanol–water partition coefficient (Wildman–Crippen LogP) is -0.0472. The van der Waals surface area contributed by atoms with Gasteiger partial charge in [0, 0.05) is 0 Å². The number of nitrogens with one attached hydrogen (secondary N) is 1. The van der Waals surface area contributed by atoms with Gasteiger partial charge in [0.05, 0.1) is 12.5 Å². The Kier molecular flexibility index (Phi) is 8.61. The molecule has 7 nitrogen and oxygen atoms in total. The Balaban J connectivity index is 4.59. The van der Waals surface area contributed by atoms with E-state index in [0.717, 1.165) is 0 Å². The van der Waals surface area contributed by atoms with E-state index in [1.54, 1.807) is 13.8 Å². The average molecular weight is 302 g/mol. The highest BCUT2D eigenvalue weighted by molar-refractivity contribution is 5.88. The molecule has 7 heteroatoms. The zero-order valence-electron chi connectivity index (χ0n) is 13.1. The quantitative estimate of drug-likeness (QED) is 0.516. The van der Waals surface area contributed by atoms with Crippen molar-refractivity contribution < 1.29 is 24.2 Å². The fourth-order valence-electron chi connectivity index (χ4n) is 1.80. The SMILES string of the molecule is CCOC(=O)[C@H](C)C[C@@H](NC(=O)[C@H](O)CC(C)C)C(N)=O. The van der Waals surface area contributed by atoms with Crippen LogP contribution in [0.25, 0.3) is 0 Å². The van der Waals surface area contributed by atoms with Gasteiger partial charge in [0.15, 0.2) is 0 Å². The lowest BCUT2D eigenvalue weighted by Crippen LogP contribution is -2.49. The summed E-state index contributed by atoms with van der Waals surface area (Å²) in [6.07, 6.45) is -0.885. The number of ether oxygens (including phenoxy) is 1. The summed E-state index contributed by atoms with van der Waals surface area (Å²) in [5.41, 5.74) is 5.22. The number of hydrogen-bond acceptors (Lipinski definition) is 5. The molecule has 122 valence electrons. The molecule has 0 aromatic rings. The fourth-order valence-corrected chi connectivity index (χ4v) is 1.80. The molecule has 0 heterocycles. The van der Waals surface area contributed by atoms with E-state index in [1.165, 1.54) is 0 Å². The molecule has 0 aromatic carbocycles. The second kappa shape index (κ2) is 9.33. The van der Waals surface area contributed by atoms with E-state index in [4.69, 9.17) is 10.5 Å². The average Bonchev–Trinajstić information content (AvgIpc) is 2.36. The summed E-state index contributed by atoms with van der Waals surface area (Å²) in [6, 6.07) is -1.02. The van der Waals surface area contributed by atoms with Crippen molar-refractivity contribution in [1.82, 2.24) is 5.32 Å². The number of esters is 1. The van der Waals surface area contributed by atoms with Gasteiger partial charge in [-0.25, -0.2) is 0 Å². The summed E-state index contributed by atoms with van der Waals surface area (Å²) in [5, 5.41) is 12.1. The van der Waals surface area contributed by atoms with Crippen LogP contribution in [0.1, 0.15) is 40.5 Å². The maximum atomic E-state index is 11.8. The first-order valence-corrected chi connectivity index (χ1v) is 7.13. The maximum Gasteiger partial charge on any atom is 0.308 e. The smallest absolute Gasteiger partial charge is 0.308 e. The summed E-state index contributed by atoms with van der Waals surface area (Å²) in [5.74, 6) is -2.32. The Labute approximate surface area is 125 Å². The zero-order chi connectivity index (χ0) is 16.6. The van der Waals surface area contributed by atoms with E-state index in [-0.39, 0.29) is 25.4 Å². The minimum Gasteiger partial charge on any atom is -0.466 e. The number of carbonyl (C=O) groups excluding carboxylic acids is 3. The molecule has 0 unspecified atom stereocenters. The molecule has 0 aliphatic carbocycles. The van der Waals surface area contributed by atoms with E-state index >= 15 is 0 Å². The lowest BCUT2D eigenvalue weighted by molar-refractivity contribution is -0.148. The molecule has 0 saturated heterocycles. The van der Waals surface area contributed by atoms with Gasteiger partial charge in [-0.2, -0.15) is 0 Å². The van der Waals surface area contributed by atoms with Crippen LogP contribution in [-0.4, -0.2) is 41.6 Å². The molecule has 0 fully saturated rings. The van der Waals surface area contributed by atoms with Gasteiger partial charge in [0.25, 0.3) is 0 Å². The van der Waals surface area contributed by atoms with Crippen LogP contribution in [0.3, 0.4) is 0 Å². The predicted molar refractivity (Wildman–Crippen MR) is 77.0 cm³/mol. The van der Waals surface area contributed by atoms with Crippen molar-refractivity contribution in [1.29, 1.82) is 0 Å². The molecular weight excluding hydrogens is 276 g/mol. The lowest BCUT2D eigenvalue weighted by Gasteiger charge is -2.21. The molecule has 0 aromatic heterocycles. The molecule has 0 radical (unpaired) electrons. The second-order valence-electron chi connectivity index (χ2n) is 5.50. The summed E-state index contributed by atoms with van der Waals surface area (Å²) >= 11 is 0. The first-order valence-electron chi connectivity index (χ1n) is 7.13. The number of aliphatic hydroxyl groups is 1. The third kappa shape index (κ3) is 7.65. The van der Waals surface area contributed by atoms with Crippen LogP contribution in [0.5, 0.6) is 0 Å². The monoisotopic (exact) mass is 302 g/mol. The number of aliphatic hydroxyl groups excluding tert-OH is 1. The Morgan fingerprint density at radius 2 is 1.76 bits per heavy atom. The topological polar surface area (TPSA) is 119 Å². The van der Waals surface area contributed by atoms with Crippen LogP contribution in [0.2, 0.25) is 0 Å². The molecule has 0 bridgehead atoms. The van der Waals surface area contributed by atoms with Crippen LogP contribution in [-0.2, 0) is 19.1 Å². The van der Waals surface area contributed by atoms with Gasteiger partial charge in [0.1, 0.15) is 12.1 Å². The molecule has 4 N–H and O–H groups in total. The van der Waals surface area contributed by atoms with Gasteiger partial charge in [-0.1, -0.05) is 20.8 Å². The molecule has 0 aliphatic rings. The van der Waals surface area contributed by atoms with Crippen molar-refractivity contribution in [3.63, 3.8) is 0 Å². The number of amides is 2. The molecule has 0 saturated carbocycles. The minimum absolute atomic E-state index is 0.0360. The van der Waals surface area contributed by atoms with Crippen molar-refractivity contribution in [2.45, 2.75) is 52.7 Å². The summed E-state index contributed by atoms with van der Waals surface area (Å²) < 4.78 is 4.84. The highest BCUT2D eigenvalue weighted by Crippen LogP contribution is 2.10. The molecule has 3 atom stereocenters. The number of nitrogens with two attached hydrogens (primary N) is 1. The van der Waals surface area contributed by atoms with Crippen molar-refractivity contribution in [2.75, 3.05) is 6.61 Å². The van der Waals surface area contributed by atoms with Crippen molar-refractivity contribution in [3.8, 4) is 0 Å². The number of hydrogen-bond donors (Lipinski definition) is 3. The normalized spacial score (nSPS) is 15.1. The van der Waals surface area contributed by atoms with E-state index in [2.05, 4.69) is 5.32 Å². The van der Waals surface area contributed by atoms with Gasteiger partial charge in [0.2, 0.25) is 11.8 Å². The van der Waals surface area contributed by atoms with Gasteiger partial charge < -0.3 is 20.9 Å². The largest absolute Gasteiger partial charge is 0.466 e. The summed E-state index contributed by atoms with van der Waals surface area (Å²) in [7, 11) is 0. The molecule has 21 heavy (non-hydrogen) atoms. The number of carbonyl (C=O) groups is 3. The first-order chi connectivity index (χ1) is 9.68. The molecule has 0 rings (SSSR count). The van der Waals surface area contributed by atoms with Crippen LogP contribution in [0.15, 0.2) is 0 Å². The Morgan fingerprint density at radius 1 is 1.19 bits per heavy atom. The fraction of sp³-hybridized carbons (Fsp3) is 0.786. The van der Waals surface area contributed by atoms with E-state index in [1.807, 2.05) is 13.8 Å². The van der Waals surface area contributed by atoms with Gasteiger partial charge in [-0.3, -0.25) is 14.4 Å². The molecule has 0 aliphatic heterocycles. The Bertz CT molecular complexity index is 370.